The van der Waals surface area contributed by atoms with Crippen LogP contribution in [0.15, 0.2) is 41.3 Å². The van der Waals surface area contributed by atoms with E-state index >= 15 is 0 Å². The quantitative estimate of drug-likeness (QED) is 0.503. The highest BCUT2D eigenvalue weighted by atomic mass is 16.4. The smallest absolute Gasteiger partial charge is 0.303 e. The monoisotopic (exact) mass is 236 g/mol. The van der Waals surface area contributed by atoms with Crippen molar-refractivity contribution in [3.8, 4) is 0 Å². The maximum Gasteiger partial charge on any atom is 0.303 e. The first kappa shape index (κ1) is 15.2. The minimum atomic E-state index is -0.763. The van der Waals surface area contributed by atoms with Crippen LogP contribution in [0.5, 0.6) is 0 Å². The highest BCUT2D eigenvalue weighted by molar-refractivity contribution is 5.66. The molecule has 1 unspecified atom stereocenters. The van der Waals surface area contributed by atoms with Crippen LogP contribution in [0.4, 0.5) is 0 Å². The molecule has 2 N–H and O–H groups in total. The van der Waals surface area contributed by atoms with E-state index in [1.807, 2.05) is 19.9 Å². The average molecular weight is 236 g/mol. The summed E-state index contributed by atoms with van der Waals surface area (Å²) in [5, 5.41) is 11.7. The van der Waals surface area contributed by atoms with E-state index in [2.05, 4.69) is 23.6 Å². The van der Waals surface area contributed by atoms with Crippen LogP contribution in [0.25, 0.3) is 0 Å². The fourth-order valence-electron chi connectivity index (χ4n) is 1.25. The summed E-state index contributed by atoms with van der Waals surface area (Å²) < 4.78 is 0. The zero-order valence-electron chi connectivity index (χ0n) is 10.4. The Morgan fingerprint density at radius 1 is 1.59 bits per heavy atom. The molecule has 0 rings (SSSR count). The summed E-state index contributed by atoms with van der Waals surface area (Å²) in [6.07, 6.45) is 6.14. The summed E-state index contributed by atoms with van der Waals surface area (Å²) in [5.41, 5.74) is 1.66. The molecule has 1 atom stereocenters. The number of carboxylic acids is 1. The van der Waals surface area contributed by atoms with Crippen molar-refractivity contribution in [2.24, 2.45) is 10.9 Å². The number of nitrogens with one attached hydrogen (secondary N) is 1. The van der Waals surface area contributed by atoms with Gasteiger partial charge in [-0.05, 0) is 32.1 Å². The average Bonchev–Trinajstić information content (AvgIpc) is 2.22. The number of rotatable bonds is 8. The Morgan fingerprint density at radius 2 is 2.24 bits per heavy atom. The molecule has 0 amide bonds. The van der Waals surface area contributed by atoms with Crippen LogP contribution in [0.3, 0.4) is 0 Å². The zero-order valence-corrected chi connectivity index (χ0v) is 10.4. The number of carboxylic acid groups (broad SMARTS) is 1. The maximum atomic E-state index is 10.5. The van der Waals surface area contributed by atoms with E-state index in [-0.39, 0.29) is 12.3 Å². The molecule has 0 spiro atoms. The van der Waals surface area contributed by atoms with Crippen molar-refractivity contribution in [2.45, 2.75) is 26.7 Å². The minimum Gasteiger partial charge on any atom is -0.481 e. The third kappa shape index (κ3) is 9.11. The van der Waals surface area contributed by atoms with Crippen molar-refractivity contribution in [3.63, 3.8) is 0 Å². The summed E-state index contributed by atoms with van der Waals surface area (Å²) >= 11 is 0. The number of nitrogens with zero attached hydrogens (tertiary/aromatic N) is 1. The molecule has 0 saturated heterocycles. The van der Waals surface area contributed by atoms with Gasteiger partial charge < -0.3 is 10.4 Å². The molecule has 0 aliphatic heterocycles. The molecular formula is C13H20N2O2. The van der Waals surface area contributed by atoms with E-state index in [4.69, 9.17) is 5.11 Å². The first-order valence-electron chi connectivity index (χ1n) is 5.42. The summed E-state index contributed by atoms with van der Waals surface area (Å²) in [4.78, 5) is 14.0. The fraction of sp³-hybridized carbons (Fsp3) is 0.385. The second kappa shape index (κ2) is 8.33. The van der Waals surface area contributed by atoms with E-state index < -0.39 is 5.97 Å². The van der Waals surface area contributed by atoms with Crippen molar-refractivity contribution >= 4 is 12.7 Å². The summed E-state index contributed by atoms with van der Waals surface area (Å²) in [6.45, 7) is 10.9. The van der Waals surface area contributed by atoms with Crippen LogP contribution in [0, 0.1) is 5.92 Å². The maximum absolute atomic E-state index is 10.5. The SMILES string of the molecule is C=N/C=C\C(=C)N/C(C)=C/CC(C)CC(=O)O. The lowest BCUT2D eigenvalue weighted by molar-refractivity contribution is -0.137. The lowest BCUT2D eigenvalue weighted by Crippen LogP contribution is -2.09. The van der Waals surface area contributed by atoms with Gasteiger partial charge in [0.05, 0.1) is 0 Å². The van der Waals surface area contributed by atoms with Gasteiger partial charge >= 0.3 is 5.97 Å². The normalized spacial score (nSPS) is 13.4. The van der Waals surface area contributed by atoms with Crippen molar-refractivity contribution in [1.29, 1.82) is 0 Å². The Kier molecular flexibility index (Phi) is 7.43. The third-order valence-electron chi connectivity index (χ3n) is 2.09. The van der Waals surface area contributed by atoms with E-state index in [0.717, 1.165) is 17.8 Å². The van der Waals surface area contributed by atoms with Gasteiger partial charge in [0.2, 0.25) is 0 Å². The molecular weight excluding hydrogens is 216 g/mol. The lowest BCUT2D eigenvalue weighted by Gasteiger charge is -2.08. The molecule has 4 nitrogen and oxygen atoms in total. The number of carbonyl (C=O) groups is 1. The van der Waals surface area contributed by atoms with Crippen molar-refractivity contribution < 1.29 is 9.90 Å². The molecule has 0 saturated carbocycles. The van der Waals surface area contributed by atoms with E-state index in [1.165, 1.54) is 0 Å². The van der Waals surface area contributed by atoms with E-state index in [9.17, 15) is 4.79 Å². The molecule has 4 heteroatoms. The number of aliphatic carboxylic acids is 1. The molecule has 0 fully saturated rings. The summed E-state index contributed by atoms with van der Waals surface area (Å²) in [7, 11) is 0. The van der Waals surface area contributed by atoms with E-state index in [1.54, 1.807) is 12.3 Å². The largest absolute Gasteiger partial charge is 0.481 e. The molecule has 94 valence electrons. The third-order valence-corrected chi connectivity index (χ3v) is 2.09. The summed E-state index contributed by atoms with van der Waals surface area (Å²) in [5.74, 6) is -0.635. The van der Waals surface area contributed by atoms with Gasteiger partial charge in [0.25, 0.3) is 0 Å². The lowest BCUT2D eigenvalue weighted by atomic mass is 10.0. The molecule has 17 heavy (non-hydrogen) atoms. The van der Waals surface area contributed by atoms with Crippen molar-refractivity contribution in [2.75, 3.05) is 0 Å². The highest BCUT2D eigenvalue weighted by Gasteiger charge is 2.05. The van der Waals surface area contributed by atoms with Crippen molar-refractivity contribution in [3.05, 3.63) is 36.3 Å². The first-order chi connectivity index (χ1) is 7.95. The number of hydrogen-bond donors (Lipinski definition) is 2. The molecule has 0 aromatic heterocycles. The molecule has 0 aliphatic rings. The molecule has 0 heterocycles. The van der Waals surface area contributed by atoms with Crippen LogP contribution in [0.1, 0.15) is 26.7 Å². The number of aliphatic imine (C=N–C) groups is 1. The second-order valence-electron chi connectivity index (χ2n) is 3.97. The standard InChI is InChI=1S/C13H20N2O2/c1-10(9-13(16)17)5-6-11(2)15-12(3)7-8-14-4/h6-8,10,15H,3-5,9H2,1-2H3,(H,16,17)/b8-7-,11-6+. The predicted octanol–water partition coefficient (Wildman–Crippen LogP) is 2.71. The molecule has 0 aromatic rings. The van der Waals surface area contributed by atoms with Crippen LogP contribution in [-0.2, 0) is 4.79 Å². The van der Waals surface area contributed by atoms with Gasteiger partial charge in [0.1, 0.15) is 0 Å². The van der Waals surface area contributed by atoms with Gasteiger partial charge in [-0.2, -0.15) is 0 Å². The Morgan fingerprint density at radius 3 is 2.76 bits per heavy atom. The zero-order chi connectivity index (χ0) is 13.3. The number of hydrogen-bond acceptors (Lipinski definition) is 3. The molecule has 0 aliphatic carbocycles. The van der Waals surface area contributed by atoms with Gasteiger partial charge in [-0.1, -0.05) is 19.6 Å². The Hall–Kier alpha value is -1.84. The second-order valence-corrected chi connectivity index (χ2v) is 3.97. The van der Waals surface area contributed by atoms with Crippen LogP contribution < -0.4 is 5.32 Å². The Balaban J connectivity index is 4.09. The van der Waals surface area contributed by atoms with Gasteiger partial charge in [0.15, 0.2) is 0 Å². The fourth-order valence-corrected chi connectivity index (χ4v) is 1.25. The number of allylic oxidation sites excluding steroid dienone is 3. The molecule has 0 bridgehead atoms. The van der Waals surface area contributed by atoms with Crippen LogP contribution >= 0.6 is 0 Å². The molecule has 0 radical (unpaired) electrons. The van der Waals surface area contributed by atoms with Gasteiger partial charge in [0, 0.05) is 24.0 Å². The van der Waals surface area contributed by atoms with Gasteiger partial charge in [-0.25, -0.2) is 0 Å². The van der Waals surface area contributed by atoms with Crippen molar-refractivity contribution in [1.82, 2.24) is 5.32 Å². The Labute approximate surface area is 102 Å². The van der Waals surface area contributed by atoms with Gasteiger partial charge in [-0.3, -0.25) is 9.79 Å². The predicted molar refractivity (Wildman–Crippen MR) is 70.8 cm³/mol. The Bertz CT molecular complexity index is 343. The first-order valence-corrected chi connectivity index (χ1v) is 5.42. The highest BCUT2D eigenvalue weighted by Crippen LogP contribution is 2.09. The summed E-state index contributed by atoms with van der Waals surface area (Å²) in [6, 6.07) is 0. The van der Waals surface area contributed by atoms with E-state index in [0.29, 0.717) is 0 Å². The van der Waals surface area contributed by atoms with Crippen LogP contribution in [0.2, 0.25) is 0 Å². The molecule has 0 aromatic carbocycles. The van der Waals surface area contributed by atoms with Gasteiger partial charge in [-0.15, -0.1) is 0 Å². The topological polar surface area (TPSA) is 61.7 Å². The van der Waals surface area contributed by atoms with Crippen LogP contribution in [-0.4, -0.2) is 17.8 Å². The minimum absolute atomic E-state index is 0.128.